The largest absolute Gasteiger partial charge is 0.495 e. The smallest absolute Gasteiger partial charge is 0.312 e. The van der Waals surface area contributed by atoms with Gasteiger partial charge in [0.1, 0.15) is 11.6 Å². The minimum Gasteiger partial charge on any atom is -0.495 e. The van der Waals surface area contributed by atoms with Crippen LogP contribution in [0.2, 0.25) is 0 Å². The number of rotatable bonds is 7. The van der Waals surface area contributed by atoms with Gasteiger partial charge in [-0.3, -0.25) is 14.4 Å². The Hall–Kier alpha value is -3.36. The van der Waals surface area contributed by atoms with Crippen molar-refractivity contribution in [1.29, 1.82) is 0 Å². The second-order valence-corrected chi connectivity index (χ2v) is 7.40. The molecular weight excluding hydrogens is 388 g/mol. The molecule has 0 spiro atoms. The molecule has 0 aliphatic carbocycles. The fraction of sp³-hybridized carbons (Fsp3) is 0.429. The Kier molecular flexibility index (Phi) is 6.39. The molecule has 1 aromatic carbocycles. The zero-order valence-corrected chi connectivity index (χ0v) is 17.5. The Bertz CT molecular complexity index is 939. The summed E-state index contributed by atoms with van der Waals surface area (Å²) in [6, 6.07) is 8.86. The van der Waals surface area contributed by atoms with Gasteiger partial charge in [-0.1, -0.05) is 12.1 Å². The standard InChI is InChI=1S/C21H26N4O5/c1-13(2)25-18(9-10-22-25)23-20(27)14(3)30-21(28)15-11-19(26)24(12-15)16-7-5-6-8-17(16)29-4/h5-10,13-15H,11-12H2,1-4H3,(H,23,27)/t14-,15+/m1/s1. The first-order valence-electron chi connectivity index (χ1n) is 9.80. The Morgan fingerprint density at radius 3 is 2.63 bits per heavy atom. The fourth-order valence-corrected chi connectivity index (χ4v) is 3.33. The molecule has 1 aliphatic heterocycles. The SMILES string of the molecule is COc1ccccc1N1C[C@@H](C(=O)O[C@H](C)C(=O)Nc2ccnn2C(C)C)CC1=O. The van der Waals surface area contributed by atoms with Crippen molar-refractivity contribution in [3.63, 3.8) is 0 Å². The normalized spacial score (nSPS) is 17.2. The average molecular weight is 414 g/mol. The van der Waals surface area contributed by atoms with Crippen molar-refractivity contribution in [2.24, 2.45) is 5.92 Å². The van der Waals surface area contributed by atoms with Crippen LogP contribution in [-0.4, -0.2) is 47.3 Å². The highest BCUT2D eigenvalue weighted by Gasteiger charge is 2.38. The van der Waals surface area contributed by atoms with E-state index in [2.05, 4.69) is 10.4 Å². The molecule has 1 N–H and O–H groups in total. The first-order chi connectivity index (χ1) is 14.3. The molecule has 1 fully saturated rings. The van der Waals surface area contributed by atoms with Crippen LogP contribution >= 0.6 is 0 Å². The molecule has 1 aliphatic rings. The Morgan fingerprint density at radius 2 is 1.93 bits per heavy atom. The van der Waals surface area contributed by atoms with Crippen molar-refractivity contribution in [3.05, 3.63) is 36.5 Å². The number of esters is 1. The molecule has 160 valence electrons. The quantitative estimate of drug-likeness (QED) is 0.698. The Balaban J connectivity index is 1.61. The van der Waals surface area contributed by atoms with E-state index in [0.29, 0.717) is 17.3 Å². The monoisotopic (exact) mass is 414 g/mol. The molecule has 3 rings (SSSR count). The number of carbonyl (C=O) groups excluding carboxylic acids is 3. The maximum absolute atomic E-state index is 12.6. The van der Waals surface area contributed by atoms with Crippen LogP contribution in [0.4, 0.5) is 11.5 Å². The zero-order chi connectivity index (χ0) is 21.8. The van der Waals surface area contributed by atoms with Crippen LogP contribution in [0.1, 0.15) is 33.2 Å². The van der Waals surface area contributed by atoms with Gasteiger partial charge in [0.25, 0.3) is 5.91 Å². The van der Waals surface area contributed by atoms with E-state index < -0.39 is 23.9 Å². The number of benzene rings is 1. The summed E-state index contributed by atoms with van der Waals surface area (Å²) in [6.45, 7) is 5.55. The lowest BCUT2D eigenvalue weighted by molar-refractivity contribution is -0.157. The molecule has 0 bridgehead atoms. The van der Waals surface area contributed by atoms with Crippen molar-refractivity contribution in [2.75, 3.05) is 23.9 Å². The van der Waals surface area contributed by atoms with Gasteiger partial charge in [0, 0.05) is 25.1 Å². The van der Waals surface area contributed by atoms with Crippen LogP contribution in [0.5, 0.6) is 5.75 Å². The first kappa shape index (κ1) is 21.4. The van der Waals surface area contributed by atoms with Gasteiger partial charge in [0.2, 0.25) is 5.91 Å². The van der Waals surface area contributed by atoms with Gasteiger partial charge in [0.05, 0.1) is 24.9 Å². The predicted octanol–water partition coefficient (Wildman–Crippen LogP) is 2.40. The highest BCUT2D eigenvalue weighted by molar-refractivity contribution is 6.01. The summed E-state index contributed by atoms with van der Waals surface area (Å²) in [5, 5.41) is 6.87. The van der Waals surface area contributed by atoms with Gasteiger partial charge in [-0.25, -0.2) is 4.68 Å². The maximum Gasteiger partial charge on any atom is 0.312 e. The van der Waals surface area contributed by atoms with Crippen LogP contribution in [-0.2, 0) is 19.1 Å². The van der Waals surface area contributed by atoms with E-state index in [9.17, 15) is 14.4 Å². The predicted molar refractivity (Wildman–Crippen MR) is 110 cm³/mol. The molecule has 1 aromatic heterocycles. The Labute approximate surface area is 174 Å². The van der Waals surface area contributed by atoms with E-state index in [1.165, 1.54) is 18.9 Å². The highest BCUT2D eigenvalue weighted by Crippen LogP contribution is 2.33. The molecule has 0 unspecified atom stereocenters. The zero-order valence-electron chi connectivity index (χ0n) is 17.5. The van der Waals surface area contributed by atoms with Crippen molar-refractivity contribution >= 4 is 29.3 Å². The number of para-hydroxylation sites is 2. The number of hydrogen-bond acceptors (Lipinski definition) is 6. The van der Waals surface area contributed by atoms with E-state index in [4.69, 9.17) is 9.47 Å². The van der Waals surface area contributed by atoms with Gasteiger partial charge < -0.3 is 19.7 Å². The molecule has 0 saturated carbocycles. The van der Waals surface area contributed by atoms with Gasteiger partial charge >= 0.3 is 5.97 Å². The molecular formula is C21H26N4O5. The summed E-state index contributed by atoms with van der Waals surface area (Å²) in [5.41, 5.74) is 0.605. The number of aromatic nitrogens is 2. The molecule has 2 heterocycles. The number of amides is 2. The third-order valence-corrected chi connectivity index (χ3v) is 4.91. The minimum atomic E-state index is -1.01. The summed E-state index contributed by atoms with van der Waals surface area (Å²) in [6.07, 6.45) is 0.595. The molecule has 9 nitrogen and oxygen atoms in total. The van der Waals surface area contributed by atoms with E-state index in [-0.39, 0.29) is 24.9 Å². The number of hydrogen-bond donors (Lipinski definition) is 1. The molecule has 2 atom stereocenters. The van der Waals surface area contributed by atoms with E-state index >= 15 is 0 Å². The van der Waals surface area contributed by atoms with E-state index in [1.54, 1.807) is 41.2 Å². The first-order valence-corrected chi connectivity index (χ1v) is 9.80. The highest BCUT2D eigenvalue weighted by atomic mass is 16.5. The van der Waals surface area contributed by atoms with Gasteiger partial charge in [-0.05, 0) is 32.9 Å². The number of nitrogens with one attached hydrogen (secondary N) is 1. The third-order valence-electron chi connectivity index (χ3n) is 4.91. The van der Waals surface area contributed by atoms with Crippen LogP contribution < -0.4 is 15.0 Å². The second-order valence-electron chi connectivity index (χ2n) is 7.40. The van der Waals surface area contributed by atoms with Crippen LogP contribution in [0.25, 0.3) is 0 Å². The fourth-order valence-electron chi connectivity index (χ4n) is 3.33. The number of anilines is 2. The van der Waals surface area contributed by atoms with Gasteiger partial charge in [0.15, 0.2) is 6.10 Å². The number of ether oxygens (including phenoxy) is 2. The topological polar surface area (TPSA) is 103 Å². The van der Waals surface area contributed by atoms with Crippen molar-refractivity contribution in [3.8, 4) is 5.75 Å². The summed E-state index contributed by atoms with van der Waals surface area (Å²) < 4.78 is 12.3. The maximum atomic E-state index is 12.6. The third kappa shape index (κ3) is 4.45. The number of methoxy groups -OCH3 is 1. The minimum absolute atomic E-state index is 0.0192. The summed E-state index contributed by atoms with van der Waals surface area (Å²) in [4.78, 5) is 39.0. The van der Waals surface area contributed by atoms with Gasteiger partial charge in [-0.2, -0.15) is 5.10 Å². The number of carbonyl (C=O) groups is 3. The molecule has 30 heavy (non-hydrogen) atoms. The molecule has 0 radical (unpaired) electrons. The lowest BCUT2D eigenvalue weighted by Gasteiger charge is -2.20. The average Bonchev–Trinajstić information content (AvgIpc) is 3.34. The Morgan fingerprint density at radius 1 is 1.20 bits per heavy atom. The molecule has 9 heteroatoms. The van der Waals surface area contributed by atoms with Crippen molar-refractivity contribution < 1.29 is 23.9 Å². The molecule has 1 saturated heterocycles. The van der Waals surface area contributed by atoms with Gasteiger partial charge in [-0.15, -0.1) is 0 Å². The summed E-state index contributed by atoms with van der Waals surface area (Å²) in [5.74, 6) is -0.818. The second kappa shape index (κ2) is 8.98. The van der Waals surface area contributed by atoms with E-state index in [1.807, 2.05) is 13.8 Å². The van der Waals surface area contributed by atoms with Crippen LogP contribution in [0, 0.1) is 5.92 Å². The number of nitrogens with zero attached hydrogens (tertiary/aromatic N) is 3. The lowest BCUT2D eigenvalue weighted by atomic mass is 10.1. The van der Waals surface area contributed by atoms with Crippen LogP contribution in [0.15, 0.2) is 36.5 Å². The summed E-state index contributed by atoms with van der Waals surface area (Å²) >= 11 is 0. The molecule has 2 aromatic rings. The molecule has 2 amide bonds. The van der Waals surface area contributed by atoms with Crippen molar-refractivity contribution in [2.45, 2.75) is 39.3 Å². The van der Waals surface area contributed by atoms with Crippen LogP contribution in [0.3, 0.4) is 0 Å². The van der Waals surface area contributed by atoms with E-state index in [0.717, 1.165) is 0 Å². The van der Waals surface area contributed by atoms with Crippen molar-refractivity contribution in [1.82, 2.24) is 9.78 Å². The lowest BCUT2D eigenvalue weighted by Crippen LogP contribution is -2.34. The summed E-state index contributed by atoms with van der Waals surface area (Å²) in [7, 11) is 1.52.